The van der Waals surface area contributed by atoms with Gasteiger partial charge in [-0.1, -0.05) is 19.9 Å². The zero-order valence-corrected chi connectivity index (χ0v) is 10.4. The van der Waals surface area contributed by atoms with E-state index in [9.17, 15) is 8.78 Å². The summed E-state index contributed by atoms with van der Waals surface area (Å²) >= 11 is 0. The lowest BCUT2D eigenvalue weighted by Gasteiger charge is -2.24. The van der Waals surface area contributed by atoms with Gasteiger partial charge in [0.1, 0.15) is 11.6 Å². The molecule has 1 aromatic rings. The highest BCUT2D eigenvalue weighted by molar-refractivity contribution is 5.23. The molecular weight excluding hydrogens is 222 g/mol. The second kappa shape index (κ2) is 6.67. The third-order valence-corrected chi connectivity index (χ3v) is 2.81. The van der Waals surface area contributed by atoms with Crippen molar-refractivity contribution in [1.29, 1.82) is 0 Å². The number of halogens is 2. The van der Waals surface area contributed by atoms with E-state index in [2.05, 4.69) is 11.8 Å². The highest BCUT2D eigenvalue weighted by Crippen LogP contribution is 2.19. The van der Waals surface area contributed by atoms with Gasteiger partial charge in [-0.25, -0.2) is 8.78 Å². The molecule has 0 fully saturated rings. The summed E-state index contributed by atoms with van der Waals surface area (Å²) in [6.45, 7) is 6.28. The Morgan fingerprint density at radius 3 is 2.29 bits per heavy atom. The normalized spacial score (nSPS) is 13.1. The zero-order chi connectivity index (χ0) is 12.8. The Bertz CT molecular complexity index is 335. The molecule has 0 aliphatic heterocycles. The first-order valence-corrected chi connectivity index (χ1v) is 6.02. The first-order chi connectivity index (χ1) is 8.10. The quantitative estimate of drug-likeness (QED) is 0.831. The molecule has 0 aliphatic rings. The summed E-state index contributed by atoms with van der Waals surface area (Å²) < 4.78 is 27.0. The lowest BCUT2D eigenvalue weighted by Crippen LogP contribution is -2.33. The molecule has 0 amide bonds. The fourth-order valence-corrected chi connectivity index (χ4v) is 1.93. The number of hydrogen-bond donors (Lipinski definition) is 1. The molecule has 1 unspecified atom stereocenters. The minimum atomic E-state index is -0.623. The average molecular weight is 242 g/mol. The molecule has 0 spiro atoms. The average Bonchev–Trinajstić information content (AvgIpc) is 2.28. The van der Waals surface area contributed by atoms with Gasteiger partial charge in [0.2, 0.25) is 0 Å². The minimum Gasteiger partial charge on any atom is -0.323 e. The molecule has 1 rings (SSSR count). The minimum absolute atomic E-state index is 0.0120. The molecule has 1 aromatic carbocycles. The van der Waals surface area contributed by atoms with Crippen molar-refractivity contribution in [3.8, 4) is 0 Å². The monoisotopic (exact) mass is 242 g/mol. The number of nitrogens with two attached hydrogens (primary N) is 1. The van der Waals surface area contributed by atoms with Gasteiger partial charge in [-0.05, 0) is 31.6 Å². The summed E-state index contributed by atoms with van der Waals surface area (Å²) in [5, 5.41) is 0. The third kappa shape index (κ3) is 3.75. The second-order valence-electron chi connectivity index (χ2n) is 4.14. The van der Waals surface area contributed by atoms with Crippen molar-refractivity contribution in [2.75, 3.05) is 19.6 Å². The Hall–Kier alpha value is -1.00. The Morgan fingerprint density at radius 2 is 1.82 bits per heavy atom. The van der Waals surface area contributed by atoms with Gasteiger partial charge in [0.05, 0.1) is 0 Å². The summed E-state index contributed by atoms with van der Waals surface area (Å²) in [6.07, 6.45) is 1.00. The van der Waals surface area contributed by atoms with E-state index < -0.39 is 17.7 Å². The summed E-state index contributed by atoms with van der Waals surface area (Å²) in [7, 11) is 0. The fraction of sp³-hybridized carbons (Fsp3) is 0.538. The highest BCUT2D eigenvalue weighted by Gasteiger charge is 2.18. The first-order valence-electron chi connectivity index (χ1n) is 6.02. The van der Waals surface area contributed by atoms with E-state index in [-0.39, 0.29) is 5.56 Å². The van der Waals surface area contributed by atoms with Crippen molar-refractivity contribution in [1.82, 2.24) is 4.90 Å². The molecule has 2 nitrogen and oxygen atoms in total. The van der Waals surface area contributed by atoms with Gasteiger partial charge in [-0.3, -0.25) is 0 Å². The Morgan fingerprint density at radius 1 is 1.24 bits per heavy atom. The molecular formula is C13H20F2N2. The predicted octanol–water partition coefficient (Wildman–Crippen LogP) is 2.70. The van der Waals surface area contributed by atoms with Crippen molar-refractivity contribution in [3.05, 3.63) is 35.4 Å². The standard InChI is InChI=1S/C13H20F2N2/c1-3-8-17(4-2)9-12(16)13-10(14)6-5-7-11(13)15/h5-7,12H,3-4,8-9,16H2,1-2H3. The van der Waals surface area contributed by atoms with Crippen LogP contribution in [0, 0.1) is 11.6 Å². The van der Waals surface area contributed by atoms with Crippen LogP contribution >= 0.6 is 0 Å². The van der Waals surface area contributed by atoms with E-state index in [1.54, 1.807) is 0 Å². The lowest BCUT2D eigenvalue weighted by molar-refractivity contribution is 0.267. The molecule has 96 valence electrons. The summed E-state index contributed by atoms with van der Waals surface area (Å²) in [6, 6.07) is 3.22. The van der Waals surface area contributed by atoms with E-state index in [4.69, 9.17) is 5.73 Å². The molecule has 17 heavy (non-hydrogen) atoms. The van der Waals surface area contributed by atoms with E-state index >= 15 is 0 Å². The van der Waals surface area contributed by atoms with E-state index in [0.29, 0.717) is 6.54 Å². The van der Waals surface area contributed by atoms with Crippen LogP contribution in [0.5, 0.6) is 0 Å². The molecule has 0 heterocycles. The molecule has 0 radical (unpaired) electrons. The Balaban J connectivity index is 2.78. The molecule has 0 saturated carbocycles. The Kier molecular flexibility index (Phi) is 5.51. The van der Waals surface area contributed by atoms with Gasteiger partial charge in [0.25, 0.3) is 0 Å². The number of benzene rings is 1. The number of likely N-dealkylation sites (N-methyl/N-ethyl adjacent to an activating group) is 1. The number of rotatable bonds is 6. The van der Waals surface area contributed by atoms with Gasteiger partial charge >= 0.3 is 0 Å². The van der Waals surface area contributed by atoms with Crippen LogP contribution < -0.4 is 5.73 Å². The number of nitrogens with zero attached hydrogens (tertiary/aromatic N) is 1. The SMILES string of the molecule is CCCN(CC)CC(N)c1c(F)cccc1F. The van der Waals surface area contributed by atoms with Gasteiger partial charge in [0, 0.05) is 18.2 Å². The van der Waals surface area contributed by atoms with Gasteiger partial charge < -0.3 is 10.6 Å². The van der Waals surface area contributed by atoms with Crippen LogP contribution in [0.25, 0.3) is 0 Å². The highest BCUT2D eigenvalue weighted by atomic mass is 19.1. The molecule has 0 aromatic heterocycles. The maximum absolute atomic E-state index is 13.5. The summed E-state index contributed by atoms with van der Waals surface area (Å²) in [5.74, 6) is -1.13. The smallest absolute Gasteiger partial charge is 0.130 e. The maximum atomic E-state index is 13.5. The topological polar surface area (TPSA) is 29.3 Å². The van der Waals surface area contributed by atoms with Crippen molar-refractivity contribution in [2.45, 2.75) is 26.3 Å². The second-order valence-corrected chi connectivity index (χ2v) is 4.14. The van der Waals surface area contributed by atoms with Crippen LogP contribution in [-0.4, -0.2) is 24.5 Å². The van der Waals surface area contributed by atoms with E-state index in [0.717, 1.165) is 19.5 Å². The van der Waals surface area contributed by atoms with Gasteiger partial charge in [-0.15, -0.1) is 0 Å². The largest absolute Gasteiger partial charge is 0.323 e. The molecule has 4 heteroatoms. The predicted molar refractivity (Wildman–Crippen MR) is 65.7 cm³/mol. The van der Waals surface area contributed by atoms with E-state index in [1.165, 1.54) is 18.2 Å². The van der Waals surface area contributed by atoms with Crippen molar-refractivity contribution in [2.24, 2.45) is 5.73 Å². The van der Waals surface area contributed by atoms with Crippen molar-refractivity contribution < 1.29 is 8.78 Å². The van der Waals surface area contributed by atoms with Crippen molar-refractivity contribution >= 4 is 0 Å². The van der Waals surface area contributed by atoms with Crippen LogP contribution in [0.1, 0.15) is 31.9 Å². The van der Waals surface area contributed by atoms with Gasteiger partial charge in [-0.2, -0.15) is 0 Å². The van der Waals surface area contributed by atoms with Crippen LogP contribution in [0.15, 0.2) is 18.2 Å². The lowest BCUT2D eigenvalue weighted by atomic mass is 10.1. The van der Waals surface area contributed by atoms with Crippen LogP contribution in [0.3, 0.4) is 0 Å². The maximum Gasteiger partial charge on any atom is 0.130 e. The van der Waals surface area contributed by atoms with Gasteiger partial charge in [0.15, 0.2) is 0 Å². The zero-order valence-electron chi connectivity index (χ0n) is 10.4. The molecule has 0 aliphatic carbocycles. The molecule has 0 saturated heterocycles. The Labute approximate surface area is 101 Å². The molecule has 2 N–H and O–H groups in total. The van der Waals surface area contributed by atoms with Crippen LogP contribution in [-0.2, 0) is 0 Å². The van der Waals surface area contributed by atoms with E-state index in [1.807, 2.05) is 6.92 Å². The molecule has 0 bridgehead atoms. The molecule has 1 atom stereocenters. The van der Waals surface area contributed by atoms with Crippen molar-refractivity contribution in [3.63, 3.8) is 0 Å². The van der Waals surface area contributed by atoms with Crippen LogP contribution in [0.2, 0.25) is 0 Å². The number of hydrogen-bond acceptors (Lipinski definition) is 2. The third-order valence-electron chi connectivity index (χ3n) is 2.81. The summed E-state index contributed by atoms with van der Waals surface area (Å²) in [4.78, 5) is 2.09. The van der Waals surface area contributed by atoms with Crippen LogP contribution in [0.4, 0.5) is 8.78 Å². The summed E-state index contributed by atoms with van der Waals surface area (Å²) in [5.41, 5.74) is 5.87. The fourth-order valence-electron chi connectivity index (χ4n) is 1.93. The first kappa shape index (κ1) is 14.1.